The first-order valence-electron chi connectivity index (χ1n) is 5.89. The predicted molar refractivity (Wildman–Crippen MR) is 70.6 cm³/mol. The van der Waals surface area contributed by atoms with Crippen LogP contribution in [0, 0.1) is 13.8 Å². The fraction of sp³-hybridized carbons (Fsp3) is 0.538. The molecule has 0 spiro atoms. The second-order valence-electron chi connectivity index (χ2n) is 4.14. The van der Waals surface area contributed by atoms with E-state index in [0.29, 0.717) is 11.4 Å². The molecule has 0 aliphatic heterocycles. The van der Waals surface area contributed by atoms with Crippen LogP contribution in [0.4, 0.5) is 0 Å². The summed E-state index contributed by atoms with van der Waals surface area (Å²) in [5.74, 6) is 0.496. The van der Waals surface area contributed by atoms with Crippen LogP contribution in [-0.2, 0) is 0 Å². The van der Waals surface area contributed by atoms with Crippen molar-refractivity contribution in [1.29, 1.82) is 0 Å². The topological polar surface area (TPSA) is 42.0 Å². The molecule has 0 saturated carbocycles. The number of pyridine rings is 1. The van der Waals surface area contributed by atoms with E-state index < -0.39 is 0 Å². The first-order valence-corrected chi connectivity index (χ1v) is 6.43. The van der Waals surface area contributed by atoms with Gasteiger partial charge in [-0.25, -0.2) is 0 Å². The zero-order valence-corrected chi connectivity index (χ0v) is 11.3. The SMILES string of the molecule is CCC(CCCl)NC(=O)c1ccc(C)nc1C. The molecule has 1 aromatic rings. The third-order valence-electron chi connectivity index (χ3n) is 2.76. The molecule has 1 N–H and O–H groups in total. The highest BCUT2D eigenvalue weighted by Gasteiger charge is 2.14. The zero-order chi connectivity index (χ0) is 12.8. The molecular formula is C13H19ClN2O. The molecule has 0 bridgehead atoms. The van der Waals surface area contributed by atoms with Gasteiger partial charge in [-0.2, -0.15) is 0 Å². The number of hydrogen-bond acceptors (Lipinski definition) is 2. The highest BCUT2D eigenvalue weighted by atomic mass is 35.5. The summed E-state index contributed by atoms with van der Waals surface area (Å²) in [5, 5.41) is 2.98. The number of nitrogens with zero attached hydrogens (tertiary/aromatic N) is 1. The summed E-state index contributed by atoms with van der Waals surface area (Å²) in [4.78, 5) is 16.3. The number of carbonyl (C=O) groups excluding carboxylic acids is 1. The number of carbonyl (C=O) groups is 1. The first-order chi connectivity index (χ1) is 8.08. The molecule has 0 saturated heterocycles. The van der Waals surface area contributed by atoms with Crippen LogP contribution in [0.15, 0.2) is 12.1 Å². The van der Waals surface area contributed by atoms with Crippen molar-refractivity contribution >= 4 is 17.5 Å². The number of amides is 1. The molecule has 0 aliphatic rings. The van der Waals surface area contributed by atoms with E-state index in [4.69, 9.17) is 11.6 Å². The number of nitrogens with one attached hydrogen (secondary N) is 1. The van der Waals surface area contributed by atoms with Crippen LogP contribution in [0.25, 0.3) is 0 Å². The van der Waals surface area contributed by atoms with Gasteiger partial charge >= 0.3 is 0 Å². The molecule has 1 unspecified atom stereocenters. The Hall–Kier alpha value is -1.09. The Bertz CT molecular complexity index is 393. The normalized spacial score (nSPS) is 12.2. The van der Waals surface area contributed by atoms with E-state index in [9.17, 15) is 4.79 Å². The van der Waals surface area contributed by atoms with Gasteiger partial charge in [-0.15, -0.1) is 11.6 Å². The van der Waals surface area contributed by atoms with E-state index in [0.717, 1.165) is 24.2 Å². The number of hydrogen-bond donors (Lipinski definition) is 1. The van der Waals surface area contributed by atoms with E-state index in [1.807, 2.05) is 32.9 Å². The van der Waals surface area contributed by atoms with Gasteiger partial charge in [0.05, 0.1) is 11.3 Å². The third kappa shape index (κ3) is 4.00. The molecule has 1 atom stereocenters. The standard InChI is InChI=1S/C13H19ClN2O/c1-4-11(7-8-14)16-13(17)12-6-5-9(2)15-10(12)3/h5-6,11H,4,7-8H2,1-3H3,(H,16,17). The van der Waals surface area contributed by atoms with Gasteiger partial charge < -0.3 is 5.32 Å². The Balaban J connectivity index is 2.75. The summed E-state index contributed by atoms with van der Waals surface area (Å²) in [6.45, 7) is 5.80. The van der Waals surface area contributed by atoms with E-state index in [2.05, 4.69) is 10.3 Å². The summed E-state index contributed by atoms with van der Waals surface area (Å²) in [6, 6.07) is 3.81. The quantitative estimate of drug-likeness (QED) is 0.821. The lowest BCUT2D eigenvalue weighted by Crippen LogP contribution is -2.35. The molecule has 0 aromatic carbocycles. The third-order valence-corrected chi connectivity index (χ3v) is 2.97. The first kappa shape index (κ1) is 14.0. The summed E-state index contributed by atoms with van der Waals surface area (Å²) >= 11 is 5.69. The van der Waals surface area contributed by atoms with Crippen molar-refractivity contribution in [3.63, 3.8) is 0 Å². The Morgan fingerprint density at radius 2 is 2.18 bits per heavy atom. The fourth-order valence-corrected chi connectivity index (χ4v) is 1.96. The molecule has 1 rings (SSSR count). The highest BCUT2D eigenvalue weighted by Crippen LogP contribution is 2.08. The number of halogens is 1. The highest BCUT2D eigenvalue weighted by molar-refractivity contribution is 6.17. The van der Waals surface area contributed by atoms with E-state index in [-0.39, 0.29) is 11.9 Å². The predicted octanol–water partition coefficient (Wildman–Crippen LogP) is 2.84. The van der Waals surface area contributed by atoms with Gasteiger partial charge in [-0.1, -0.05) is 6.92 Å². The molecule has 1 amide bonds. The van der Waals surface area contributed by atoms with Crippen LogP contribution in [0.1, 0.15) is 41.5 Å². The second kappa shape index (κ2) is 6.60. The molecule has 0 radical (unpaired) electrons. The maximum absolute atomic E-state index is 12.0. The lowest BCUT2D eigenvalue weighted by molar-refractivity contribution is 0.0934. The van der Waals surface area contributed by atoms with Crippen molar-refractivity contribution < 1.29 is 4.79 Å². The van der Waals surface area contributed by atoms with Gasteiger partial charge in [0.1, 0.15) is 0 Å². The maximum Gasteiger partial charge on any atom is 0.253 e. The van der Waals surface area contributed by atoms with Crippen molar-refractivity contribution in [2.45, 2.75) is 39.7 Å². The van der Waals surface area contributed by atoms with E-state index >= 15 is 0 Å². The number of aromatic nitrogens is 1. The molecule has 94 valence electrons. The van der Waals surface area contributed by atoms with Crippen molar-refractivity contribution in [2.75, 3.05) is 5.88 Å². The second-order valence-corrected chi connectivity index (χ2v) is 4.52. The molecule has 1 aromatic heterocycles. The van der Waals surface area contributed by atoms with E-state index in [1.165, 1.54) is 0 Å². The summed E-state index contributed by atoms with van der Waals surface area (Å²) < 4.78 is 0. The maximum atomic E-state index is 12.0. The number of alkyl halides is 1. The van der Waals surface area contributed by atoms with Crippen molar-refractivity contribution in [3.8, 4) is 0 Å². The van der Waals surface area contributed by atoms with Crippen molar-refractivity contribution in [3.05, 3.63) is 29.1 Å². The van der Waals surface area contributed by atoms with Gasteiger partial charge in [0.2, 0.25) is 0 Å². The smallest absolute Gasteiger partial charge is 0.253 e. The van der Waals surface area contributed by atoms with Gasteiger partial charge in [0.25, 0.3) is 5.91 Å². The molecule has 0 aliphatic carbocycles. The Labute approximate surface area is 108 Å². The largest absolute Gasteiger partial charge is 0.349 e. The fourth-order valence-electron chi connectivity index (χ4n) is 1.70. The Kier molecular flexibility index (Phi) is 5.42. The van der Waals surface area contributed by atoms with Crippen LogP contribution in [0.3, 0.4) is 0 Å². The summed E-state index contributed by atoms with van der Waals surface area (Å²) in [6.07, 6.45) is 1.68. The average molecular weight is 255 g/mol. The van der Waals surface area contributed by atoms with Gasteiger partial charge in [0.15, 0.2) is 0 Å². The van der Waals surface area contributed by atoms with Gasteiger partial charge in [-0.3, -0.25) is 9.78 Å². The molecule has 0 fully saturated rings. The van der Waals surface area contributed by atoms with Crippen molar-refractivity contribution in [1.82, 2.24) is 10.3 Å². The van der Waals surface area contributed by atoms with Crippen LogP contribution in [0.5, 0.6) is 0 Å². The molecule has 1 heterocycles. The molecule has 17 heavy (non-hydrogen) atoms. The van der Waals surface area contributed by atoms with Crippen LogP contribution in [0.2, 0.25) is 0 Å². The minimum Gasteiger partial charge on any atom is -0.349 e. The number of rotatable bonds is 5. The van der Waals surface area contributed by atoms with Crippen LogP contribution >= 0.6 is 11.6 Å². The van der Waals surface area contributed by atoms with Crippen LogP contribution < -0.4 is 5.32 Å². The van der Waals surface area contributed by atoms with Crippen molar-refractivity contribution in [2.24, 2.45) is 0 Å². The molecular weight excluding hydrogens is 236 g/mol. The van der Waals surface area contributed by atoms with Gasteiger partial charge in [-0.05, 0) is 38.8 Å². The summed E-state index contributed by atoms with van der Waals surface area (Å²) in [5.41, 5.74) is 2.33. The monoisotopic (exact) mass is 254 g/mol. The minimum absolute atomic E-state index is 0.0630. The lowest BCUT2D eigenvalue weighted by Gasteiger charge is -2.16. The molecule has 3 nitrogen and oxygen atoms in total. The number of aryl methyl sites for hydroxylation is 2. The van der Waals surface area contributed by atoms with Crippen LogP contribution in [-0.4, -0.2) is 22.8 Å². The van der Waals surface area contributed by atoms with E-state index in [1.54, 1.807) is 0 Å². The summed E-state index contributed by atoms with van der Waals surface area (Å²) in [7, 11) is 0. The zero-order valence-electron chi connectivity index (χ0n) is 10.6. The molecule has 4 heteroatoms. The Morgan fingerprint density at radius 1 is 1.47 bits per heavy atom. The lowest BCUT2D eigenvalue weighted by atomic mass is 10.1. The minimum atomic E-state index is -0.0630. The van der Waals surface area contributed by atoms with Gasteiger partial charge in [0, 0.05) is 17.6 Å². The average Bonchev–Trinajstić information content (AvgIpc) is 2.28. The Morgan fingerprint density at radius 3 is 2.71 bits per heavy atom.